The number of likely N-dealkylation sites (tertiary alicyclic amines) is 1. The molecule has 0 unspecified atom stereocenters. The fourth-order valence-corrected chi connectivity index (χ4v) is 3.84. The fraction of sp³-hybridized carbons (Fsp3) is 0.304. The molecule has 0 aromatic heterocycles. The first-order valence-corrected chi connectivity index (χ1v) is 9.49. The molecule has 138 valence electrons. The average molecular weight is 360 g/mol. The van der Waals surface area contributed by atoms with Gasteiger partial charge in [0.05, 0.1) is 11.3 Å². The van der Waals surface area contributed by atoms with Crippen LogP contribution in [0.15, 0.2) is 48.2 Å². The molecule has 1 saturated heterocycles. The number of aryl methyl sites for hydroxylation is 3. The van der Waals surface area contributed by atoms with Crippen LogP contribution in [0.2, 0.25) is 0 Å². The molecule has 0 N–H and O–H groups in total. The molecule has 2 aromatic rings. The third-order valence-electron chi connectivity index (χ3n) is 5.57. The number of carbonyl (C=O) groups is 2. The summed E-state index contributed by atoms with van der Waals surface area (Å²) < 4.78 is 0. The molecule has 4 rings (SSSR count). The molecule has 0 atom stereocenters. The van der Waals surface area contributed by atoms with Crippen LogP contribution in [-0.2, 0) is 9.59 Å². The molecule has 2 aliphatic heterocycles. The van der Waals surface area contributed by atoms with Crippen LogP contribution in [0.1, 0.15) is 35.1 Å². The lowest BCUT2D eigenvalue weighted by molar-refractivity contribution is -0.120. The molecule has 27 heavy (non-hydrogen) atoms. The molecule has 0 spiro atoms. The van der Waals surface area contributed by atoms with Crippen molar-refractivity contribution in [1.29, 1.82) is 0 Å². The van der Waals surface area contributed by atoms with Crippen LogP contribution in [-0.4, -0.2) is 29.8 Å². The van der Waals surface area contributed by atoms with Crippen molar-refractivity contribution in [1.82, 2.24) is 4.90 Å². The maximum Gasteiger partial charge on any atom is 0.282 e. The van der Waals surface area contributed by atoms with Crippen molar-refractivity contribution in [3.63, 3.8) is 0 Å². The van der Waals surface area contributed by atoms with E-state index in [2.05, 4.69) is 11.8 Å². The van der Waals surface area contributed by atoms with Crippen LogP contribution < -0.4 is 4.90 Å². The van der Waals surface area contributed by atoms with Gasteiger partial charge in [0.1, 0.15) is 5.70 Å². The van der Waals surface area contributed by atoms with Gasteiger partial charge in [0.15, 0.2) is 0 Å². The lowest BCUT2D eigenvalue weighted by Gasteiger charge is -2.20. The van der Waals surface area contributed by atoms with Crippen LogP contribution in [0, 0.1) is 20.8 Å². The van der Waals surface area contributed by atoms with Crippen molar-refractivity contribution >= 4 is 23.1 Å². The van der Waals surface area contributed by atoms with Gasteiger partial charge < -0.3 is 4.90 Å². The van der Waals surface area contributed by atoms with Gasteiger partial charge in [-0.25, -0.2) is 4.90 Å². The molecule has 2 heterocycles. The molecular formula is C23H24N2O2. The summed E-state index contributed by atoms with van der Waals surface area (Å²) in [6, 6.07) is 13.5. The van der Waals surface area contributed by atoms with Gasteiger partial charge in [0, 0.05) is 13.1 Å². The van der Waals surface area contributed by atoms with Crippen LogP contribution >= 0.6 is 0 Å². The molecule has 2 amide bonds. The number of carbonyl (C=O) groups excluding carboxylic acids is 2. The number of benzene rings is 2. The Hall–Kier alpha value is -2.88. The van der Waals surface area contributed by atoms with Crippen molar-refractivity contribution < 1.29 is 9.59 Å². The zero-order valence-corrected chi connectivity index (χ0v) is 16.1. The number of hydrogen-bond donors (Lipinski definition) is 0. The summed E-state index contributed by atoms with van der Waals surface area (Å²) in [6.07, 6.45) is 2.10. The van der Waals surface area contributed by atoms with Gasteiger partial charge in [0.2, 0.25) is 0 Å². The Morgan fingerprint density at radius 3 is 2.07 bits per heavy atom. The van der Waals surface area contributed by atoms with Gasteiger partial charge in [-0.3, -0.25) is 9.59 Å². The minimum atomic E-state index is -0.228. The number of nitrogens with zero attached hydrogens (tertiary/aromatic N) is 2. The lowest BCUT2D eigenvalue weighted by atomic mass is 9.99. The van der Waals surface area contributed by atoms with E-state index in [0.29, 0.717) is 17.0 Å². The van der Waals surface area contributed by atoms with Crippen molar-refractivity contribution in [2.24, 2.45) is 0 Å². The van der Waals surface area contributed by atoms with E-state index in [4.69, 9.17) is 0 Å². The minimum Gasteiger partial charge on any atom is -0.366 e. The second-order valence-electron chi connectivity index (χ2n) is 7.50. The Balaban J connectivity index is 1.84. The second kappa shape index (κ2) is 6.69. The SMILES string of the molecule is Cc1ccc(N2C(=O)C(c3ccc(C)c(C)c3)=C(N3CCCC3)C2=O)cc1. The lowest BCUT2D eigenvalue weighted by Crippen LogP contribution is -2.34. The molecule has 4 nitrogen and oxygen atoms in total. The van der Waals surface area contributed by atoms with Gasteiger partial charge >= 0.3 is 0 Å². The smallest absolute Gasteiger partial charge is 0.282 e. The summed E-state index contributed by atoms with van der Waals surface area (Å²) in [5, 5.41) is 0. The van der Waals surface area contributed by atoms with E-state index >= 15 is 0 Å². The summed E-state index contributed by atoms with van der Waals surface area (Å²) in [5.74, 6) is -0.437. The van der Waals surface area contributed by atoms with Gasteiger partial charge in [-0.05, 0) is 62.4 Å². The van der Waals surface area contributed by atoms with E-state index in [1.54, 1.807) is 0 Å². The number of imide groups is 1. The Labute approximate surface area is 160 Å². The van der Waals surface area contributed by atoms with Gasteiger partial charge in [0.25, 0.3) is 11.8 Å². The molecule has 0 saturated carbocycles. The Morgan fingerprint density at radius 2 is 1.44 bits per heavy atom. The first kappa shape index (κ1) is 17.5. The topological polar surface area (TPSA) is 40.6 Å². The number of rotatable bonds is 3. The molecule has 4 heteroatoms. The van der Waals surface area contributed by atoms with E-state index in [9.17, 15) is 9.59 Å². The summed E-state index contributed by atoms with van der Waals surface area (Å²) >= 11 is 0. The Morgan fingerprint density at radius 1 is 0.778 bits per heavy atom. The standard InChI is InChI=1S/C23H24N2O2/c1-15-6-10-19(11-7-15)25-22(26)20(18-9-8-16(2)17(3)14-18)21(23(25)27)24-12-4-5-13-24/h6-11,14H,4-5,12-13H2,1-3H3. The largest absolute Gasteiger partial charge is 0.366 e. The molecule has 0 bridgehead atoms. The van der Waals surface area contributed by atoms with E-state index in [1.807, 2.05) is 56.3 Å². The highest BCUT2D eigenvalue weighted by atomic mass is 16.2. The normalized spacial score (nSPS) is 17.4. The maximum atomic E-state index is 13.4. The Kier molecular flexibility index (Phi) is 4.34. The predicted molar refractivity (Wildman–Crippen MR) is 107 cm³/mol. The van der Waals surface area contributed by atoms with E-state index in [-0.39, 0.29) is 11.8 Å². The zero-order valence-electron chi connectivity index (χ0n) is 16.1. The van der Waals surface area contributed by atoms with Crippen molar-refractivity contribution in [3.05, 3.63) is 70.4 Å². The van der Waals surface area contributed by atoms with Crippen molar-refractivity contribution in [2.75, 3.05) is 18.0 Å². The Bertz CT molecular complexity index is 951. The average Bonchev–Trinajstić information content (AvgIpc) is 3.25. The molecule has 2 aliphatic rings. The minimum absolute atomic E-state index is 0.209. The first-order chi connectivity index (χ1) is 13.0. The van der Waals surface area contributed by atoms with Crippen LogP contribution in [0.25, 0.3) is 5.57 Å². The van der Waals surface area contributed by atoms with Crippen molar-refractivity contribution in [3.8, 4) is 0 Å². The molecule has 2 aromatic carbocycles. The summed E-state index contributed by atoms with van der Waals surface area (Å²) in [5.41, 5.74) is 5.94. The van der Waals surface area contributed by atoms with Crippen LogP contribution in [0.3, 0.4) is 0 Å². The molecular weight excluding hydrogens is 336 g/mol. The zero-order chi connectivity index (χ0) is 19.1. The highest BCUT2D eigenvalue weighted by molar-refractivity contribution is 6.45. The van der Waals surface area contributed by atoms with Crippen molar-refractivity contribution in [2.45, 2.75) is 33.6 Å². The van der Waals surface area contributed by atoms with Gasteiger partial charge in [-0.2, -0.15) is 0 Å². The number of anilines is 1. The third kappa shape index (κ3) is 2.95. The third-order valence-corrected chi connectivity index (χ3v) is 5.57. The molecule has 0 radical (unpaired) electrons. The van der Waals surface area contributed by atoms with Gasteiger partial charge in [-0.1, -0.05) is 35.9 Å². The summed E-state index contributed by atoms with van der Waals surface area (Å²) in [4.78, 5) is 30.1. The quantitative estimate of drug-likeness (QED) is 0.777. The highest BCUT2D eigenvalue weighted by Gasteiger charge is 2.42. The predicted octanol–water partition coefficient (Wildman–Crippen LogP) is 3.99. The maximum absolute atomic E-state index is 13.4. The number of hydrogen-bond acceptors (Lipinski definition) is 3. The van der Waals surface area contributed by atoms with Crippen LogP contribution in [0.5, 0.6) is 0 Å². The molecule has 0 aliphatic carbocycles. The van der Waals surface area contributed by atoms with Crippen LogP contribution in [0.4, 0.5) is 5.69 Å². The fourth-order valence-electron chi connectivity index (χ4n) is 3.84. The highest BCUT2D eigenvalue weighted by Crippen LogP contribution is 2.36. The molecule has 1 fully saturated rings. The van der Waals surface area contributed by atoms with Gasteiger partial charge in [-0.15, -0.1) is 0 Å². The van der Waals surface area contributed by atoms with E-state index < -0.39 is 0 Å². The second-order valence-corrected chi connectivity index (χ2v) is 7.50. The summed E-state index contributed by atoms with van der Waals surface area (Å²) in [7, 11) is 0. The van der Waals surface area contributed by atoms with E-state index in [1.165, 1.54) is 10.5 Å². The summed E-state index contributed by atoms with van der Waals surface area (Å²) in [6.45, 7) is 7.73. The monoisotopic (exact) mass is 360 g/mol. The number of amides is 2. The first-order valence-electron chi connectivity index (χ1n) is 9.49. The van der Waals surface area contributed by atoms with E-state index in [0.717, 1.165) is 42.6 Å².